The van der Waals surface area contributed by atoms with E-state index in [1.54, 1.807) is 61.2 Å². The molecule has 4 aromatic heterocycles. The van der Waals surface area contributed by atoms with Crippen LogP contribution in [0, 0.1) is 0 Å². The molecule has 0 aromatic carbocycles. The fourth-order valence-electron chi connectivity index (χ4n) is 2.00. The molecule has 10 heteroatoms. The van der Waals surface area contributed by atoms with Crippen LogP contribution in [0.25, 0.3) is 23.0 Å². The lowest BCUT2D eigenvalue weighted by atomic mass is 10.3. The second kappa shape index (κ2) is 8.25. The molecule has 0 aliphatic carbocycles. The summed E-state index contributed by atoms with van der Waals surface area (Å²) in [7, 11) is 0. The Balaban J connectivity index is 0.000000253. The average Bonchev–Trinajstić information content (AvgIpc) is 2.70. The third-order valence-corrected chi connectivity index (χ3v) is 3.26. The molecule has 0 radical (unpaired) electrons. The lowest BCUT2D eigenvalue weighted by molar-refractivity contribution is 0.866. The third-order valence-electron chi connectivity index (χ3n) is 3.26. The van der Waals surface area contributed by atoms with Gasteiger partial charge in [-0.3, -0.25) is 15.0 Å². The van der Waals surface area contributed by atoms with Gasteiger partial charge in [-0.1, -0.05) is 0 Å². The number of anilines is 3. The first-order chi connectivity index (χ1) is 13.1. The first kappa shape index (κ1) is 17.6. The molecule has 0 atom stereocenters. The van der Waals surface area contributed by atoms with E-state index in [-0.39, 0.29) is 11.6 Å². The zero-order chi connectivity index (χ0) is 19.1. The lowest BCUT2D eigenvalue weighted by Gasteiger charge is -2.03. The van der Waals surface area contributed by atoms with E-state index in [4.69, 9.17) is 17.2 Å². The minimum absolute atomic E-state index is 0.251. The van der Waals surface area contributed by atoms with Crippen LogP contribution in [0.1, 0.15) is 0 Å². The van der Waals surface area contributed by atoms with Crippen molar-refractivity contribution >= 4 is 17.1 Å². The van der Waals surface area contributed by atoms with Crippen LogP contribution in [-0.4, -0.2) is 35.3 Å². The number of hydrogen-bond acceptors (Lipinski definition) is 10. The van der Waals surface area contributed by atoms with E-state index < -0.39 is 0 Å². The topological polar surface area (TPSA) is 168 Å². The van der Waals surface area contributed by atoms with Gasteiger partial charge in [0.15, 0.2) is 0 Å². The number of pyridine rings is 3. The summed E-state index contributed by atoms with van der Waals surface area (Å²) in [5, 5.41) is 15.9. The highest BCUT2D eigenvalue weighted by atomic mass is 15.3. The molecule has 10 nitrogen and oxygen atoms in total. The van der Waals surface area contributed by atoms with Crippen LogP contribution < -0.4 is 17.2 Å². The Kier molecular flexibility index (Phi) is 5.38. The van der Waals surface area contributed by atoms with Crippen LogP contribution in [0.2, 0.25) is 0 Å². The Bertz CT molecular complexity index is 941. The van der Waals surface area contributed by atoms with Gasteiger partial charge in [0.1, 0.15) is 11.4 Å². The maximum atomic E-state index is 5.80. The summed E-state index contributed by atoms with van der Waals surface area (Å²) < 4.78 is 0. The minimum Gasteiger partial charge on any atom is -0.397 e. The predicted molar refractivity (Wildman–Crippen MR) is 102 cm³/mol. The standard InChI is InChI=1S/C12H10N8.C5H6N2/c13-7-3-1-5-15-9(7)11-17-19-12(20-18-11)10-8(14)4-2-6-16-10;6-5-2-1-3-7-4-5/h1-6H,13-14H2;1-4H,6H2. The van der Waals surface area contributed by atoms with Crippen molar-refractivity contribution in [2.24, 2.45) is 0 Å². The molecule has 0 fully saturated rings. The highest BCUT2D eigenvalue weighted by Crippen LogP contribution is 2.20. The van der Waals surface area contributed by atoms with E-state index in [1.807, 2.05) is 0 Å². The zero-order valence-electron chi connectivity index (χ0n) is 14.1. The smallest absolute Gasteiger partial charge is 0.224 e. The monoisotopic (exact) mass is 360 g/mol. The molecule has 0 saturated heterocycles. The van der Waals surface area contributed by atoms with Gasteiger partial charge >= 0.3 is 0 Å². The van der Waals surface area contributed by atoms with Gasteiger partial charge in [0.05, 0.1) is 17.1 Å². The molecule has 0 saturated carbocycles. The van der Waals surface area contributed by atoms with Gasteiger partial charge < -0.3 is 17.2 Å². The summed E-state index contributed by atoms with van der Waals surface area (Å²) in [6.45, 7) is 0. The number of nitrogens with two attached hydrogens (primary N) is 3. The van der Waals surface area contributed by atoms with Gasteiger partial charge in [-0.05, 0) is 36.4 Å². The van der Waals surface area contributed by atoms with Crippen molar-refractivity contribution in [3.63, 3.8) is 0 Å². The maximum absolute atomic E-state index is 5.80. The molecule has 0 spiro atoms. The maximum Gasteiger partial charge on any atom is 0.224 e. The predicted octanol–water partition coefficient (Wildman–Crippen LogP) is 1.22. The second-order valence-corrected chi connectivity index (χ2v) is 5.22. The largest absolute Gasteiger partial charge is 0.397 e. The van der Waals surface area contributed by atoms with E-state index in [1.165, 1.54) is 0 Å². The molecular weight excluding hydrogens is 344 g/mol. The van der Waals surface area contributed by atoms with E-state index in [0.717, 1.165) is 0 Å². The zero-order valence-corrected chi connectivity index (χ0v) is 14.1. The molecule has 6 N–H and O–H groups in total. The Hall–Kier alpha value is -4.21. The Labute approximate surface area is 154 Å². The first-order valence-corrected chi connectivity index (χ1v) is 7.80. The van der Waals surface area contributed by atoms with Crippen molar-refractivity contribution in [2.45, 2.75) is 0 Å². The molecule has 0 bridgehead atoms. The van der Waals surface area contributed by atoms with Gasteiger partial charge in [-0.25, -0.2) is 0 Å². The van der Waals surface area contributed by atoms with Crippen molar-refractivity contribution in [2.75, 3.05) is 17.2 Å². The molecule has 0 unspecified atom stereocenters. The SMILES string of the molecule is Nc1cccnc1.Nc1cccnc1-c1nnc(-c2ncccc2N)nn1. The molecule has 27 heavy (non-hydrogen) atoms. The van der Waals surface area contributed by atoms with Crippen LogP contribution in [0.4, 0.5) is 17.1 Å². The molecule has 0 amide bonds. The summed E-state index contributed by atoms with van der Waals surface area (Å²) in [6, 6.07) is 10.5. The van der Waals surface area contributed by atoms with E-state index in [9.17, 15) is 0 Å². The normalized spacial score (nSPS) is 9.93. The average molecular weight is 360 g/mol. The lowest BCUT2D eigenvalue weighted by Crippen LogP contribution is -2.04. The second-order valence-electron chi connectivity index (χ2n) is 5.22. The van der Waals surface area contributed by atoms with Crippen LogP contribution in [0.15, 0.2) is 61.2 Å². The van der Waals surface area contributed by atoms with Gasteiger partial charge in [0.2, 0.25) is 11.6 Å². The van der Waals surface area contributed by atoms with Gasteiger partial charge in [0, 0.05) is 24.8 Å². The molecular formula is C17H16N10. The van der Waals surface area contributed by atoms with Gasteiger partial charge in [-0.15, -0.1) is 20.4 Å². The summed E-state index contributed by atoms with van der Waals surface area (Å²) in [5.41, 5.74) is 19.4. The summed E-state index contributed by atoms with van der Waals surface area (Å²) in [5.74, 6) is 0.503. The molecule has 4 heterocycles. The fourth-order valence-corrected chi connectivity index (χ4v) is 2.00. The van der Waals surface area contributed by atoms with Crippen LogP contribution in [0.3, 0.4) is 0 Å². The Morgan fingerprint density at radius 1 is 0.593 bits per heavy atom. The first-order valence-electron chi connectivity index (χ1n) is 7.80. The van der Waals surface area contributed by atoms with Crippen LogP contribution in [0.5, 0.6) is 0 Å². The van der Waals surface area contributed by atoms with E-state index in [2.05, 4.69) is 35.3 Å². The highest BCUT2D eigenvalue weighted by Gasteiger charge is 2.12. The third kappa shape index (κ3) is 4.45. The number of rotatable bonds is 2. The quantitative estimate of drug-likeness (QED) is 0.472. The molecule has 4 rings (SSSR count). The van der Waals surface area contributed by atoms with E-state index in [0.29, 0.717) is 28.5 Å². The van der Waals surface area contributed by atoms with Gasteiger partial charge in [-0.2, -0.15) is 0 Å². The molecule has 0 aliphatic heterocycles. The van der Waals surface area contributed by atoms with E-state index >= 15 is 0 Å². The number of hydrogen-bond donors (Lipinski definition) is 3. The molecule has 134 valence electrons. The number of nitrogen functional groups attached to an aromatic ring is 3. The van der Waals surface area contributed by atoms with Crippen molar-refractivity contribution in [1.82, 2.24) is 35.3 Å². The van der Waals surface area contributed by atoms with Crippen molar-refractivity contribution in [3.8, 4) is 23.0 Å². The van der Waals surface area contributed by atoms with Crippen molar-refractivity contribution in [3.05, 3.63) is 61.2 Å². The fraction of sp³-hybridized carbons (Fsp3) is 0. The Morgan fingerprint density at radius 3 is 1.41 bits per heavy atom. The van der Waals surface area contributed by atoms with Crippen molar-refractivity contribution < 1.29 is 0 Å². The van der Waals surface area contributed by atoms with Gasteiger partial charge in [0.25, 0.3) is 0 Å². The van der Waals surface area contributed by atoms with Crippen LogP contribution in [-0.2, 0) is 0 Å². The van der Waals surface area contributed by atoms with Crippen LogP contribution >= 0.6 is 0 Å². The summed E-state index contributed by atoms with van der Waals surface area (Å²) in [6.07, 6.45) is 6.50. The number of nitrogens with zero attached hydrogens (tertiary/aromatic N) is 7. The molecule has 0 aliphatic rings. The molecule has 4 aromatic rings. The Morgan fingerprint density at radius 2 is 1.07 bits per heavy atom. The minimum atomic E-state index is 0.251. The van der Waals surface area contributed by atoms with Crippen molar-refractivity contribution in [1.29, 1.82) is 0 Å². The summed E-state index contributed by atoms with van der Waals surface area (Å²) >= 11 is 0. The number of aromatic nitrogens is 7. The summed E-state index contributed by atoms with van der Waals surface area (Å²) in [4.78, 5) is 12.0. The highest BCUT2D eigenvalue weighted by molar-refractivity contribution is 5.68.